The van der Waals surface area contributed by atoms with Crippen molar-refractivity contribution in [3.8, 4) is 0 Å². The third-order valence-electron chi connectivity index (χ3n) is 2.43. The first-order chi connectivity index (χ1) is 8.87. The molecular formula is C9H22N4O3S3. The molecule has 0 aliphatic heterocycles. The number of aliphatic hydroxyl groups excluding tert-OH is 2. The van der Waals surface area contributed by atoms with E-state index in [4.69, 9.17) is 11.5 Å². The predicted octanol–water partition coefficient (Wildman–Crippen LogP) is -2.86. The molecule has 8 N–H and O–H groups in total. The van der Waals surface area contributed by atoms with E-state index in [1.807, 2.05) is 0 Å². The standard InChI is InChI=1S/C9H22N4O3S3/c10-4(1-17)8(15)13-6(3-19)9(16)12-5(2-18)7(11)14/h4-7,9,12,14,16-19H,1-3,10-11H2,(H,13,15)/t4-,5-,6-,7+,9+/m1/s1. The lowest BCUT2D eigenvalue weighted by molar-refractivity contribution is -0.123. The van der Waals surface area contributed by atoms with E-state index in [9.17, 15) is 15.0 Å². The van der Waals surface area contributed by atoms with Crippen LogP contribution >= 0.6 is 37.9 Å². The zero-order valence-corrected chi connectivity index (χ0v) is 13.0. The van der Waals surface area contributed by atoms with Crippen molar-refractivity contribution in [2.24, 2.45) is 11.5 Å². The second-order valence-corrected chi connectivity index (χ2v) is 5.07. The van der Waals surface area contributed by atoms with Gasteiger partial charge >= 0.3 is 0 Å². The molecule has 0 aliphatic carbocycles. The van der Waals surface area contributed by atoms with Crippen molar-refractivity contribution in [2.45, 2.75) is 30.6 Å². The number of thiol groups is 3. The molecule has 0 spiro atoms. The minimum atomic E-state index is -1.18. The van der Waals surface area contributed by atoms with Crippen molar-refractivity contribution in [2.75, 3.05) is 17.3 Å². The Morgan fingerprint density at radius 1 is 1.05 bits per heavy atom. The van der Waals surface area contributed by atoms with Crippen molar-refractivity contribution in [3.05, 3.63) is 0 Å². The number of nitrogens with one attached hydrogen (secondary N) is 2. The fourth-order valence-electron chi connectivity index (χ4n) is 1.19. The van der Waals surface area contributed by atoms with E-state index in [1.165, 1.54) is 0 Å². The molecule has 0 saturated heterocycles. The molecule has 0 aromatic carbocycles. The average molecular weight is 331 g/mol. The van der Waals surface area contributed by atoms with Crippen molar-refractivity contribution < 1.29 is 15.0 Å². The van der Waals surface area contributed by atoms with E-state index in [-0.39, 0.29) is 17.3 Å². The Kier molecular flexibility index (Phi) is 10.3. The molecule has 19 heavy (non-hydrogen) atoms. The minimum Gasteiger partial charge on any atom is -0.377 e. The first-order valence-electron chi connectivity index (χ1n) is 5.63. The Balaban J connectivity index is 4.46. The number of carbonyl (C=O) groups is 1. The second kappa shape index (κ2) is 10.1. The van der Waals surface area contributed by atoms with Crippen LogP contribution in [-0.4, -0.2) is 64.0 Å². The molecule has 114 valence electrons. The summed E-state index contributed by atoms with van der Waals surface area (Å²) in [5.41, 5.74) is 10.8. The van der Waals surface area contributed by atoms with Crippen LogP contribution in [0.3, 0.4) is 0 Å². The topological polar surface area (TPSA) is 134 Å². The Labute approximate surface area is 129 Å². The van der Waals surface area contributed by atoms with Crippen LogP contribution in [-0.2, 0) is 4.79 Å². The Morgan fingerprint density at radius 2 is 1.58 bits per heavy atom. The zero-order valence-electron chi connectivity index (χ0n) is 10.3. The number of rotatable bonds is 9. The quantitative estimate of drug-likeness (QED) is 0.165. The van der Waals surface area contributed by atoms with Gasteiger partial charge in [-0.1, -0.05) is 0 Å². The van der Waals surface area contributed by atoms with Crippen LogP contribution in [0.25, 0.3) is 0 Å². The average Bonchev–Trinajstić information content (AvgIpc) is 2.39. The summed E-state index contributed by atoms with van der Waals surface area (Å²) in [6, 6.07) is -2.06. The van der Waals surface area contributed by atoms with Gasteiger partial charge in [0, 0.05) is 17.3 Å². The molecule has 0 rings (SSSR count). The van der Waals surface area contributed by atoms with Gasteiger partial charge in [-0.2, -0.15) is 37.9 Å². The Hall–Kier alpha value is 0.320. The third-order valence-corrected chi connectivity index (χ3v) is 3.61. The van der Waals surface area contributed by atoms with Crippen molar-refractivity contribution in [1.29, 1.82) is 0 Å². The summed E-state index contributed by atoms with van der Waals surface area (Å²) in [6.45, 7) is 0. The molecule has 0 aliphatic rings. The second-order valence-electron chi connectivity index (χ2n) is 3.98. The van der Waals surface area contributed by atoms with E-state index >= 15 is 0 Å². The molecular weight excluding hydrogens is 308 g/mol. The maximum atomic E-state index is 11.6. The first kappa shape index (κ1) is 19.3. The fourth-order valence-corrected chi connectivity index (χ4v) is 1.97. The summed E-state index contributed by atoms with van der Waals surface area (Å²) in [5, 5.41) is 24.4. The lowest BCUT2D eigenvalue weighted by atomic mass is 10.2. The zero-order chi connectivity index (χ0) is 15.0. The van der Waals surface area contributed by atoms with Gasteiger partial charge in [-0.15, -0.1) is 0 Å². The summed E-state index contributed by atoms with van der Waals surface area (Å²) < 4.78 is 0. The summed E-state index contributed by atoms with van der Waals surface area (Å²) in [7, 11) is 0. The number of hydrogen-bond donors (Lipinski definition) is 9. The Bertz CT molecular complexity index is 273. The van der Waals surface area contributed by atoms with Crippen LogP contribution in [0.4, 0.5) is 0 Å². The molecule has 10 heteroatoms. The van der Waals surface area contributed by atoms with E-state index in [2.05, 4.69) is 48.5 Å². The number of carbonyl (C=O) groups excluding carboxylic acids is 1. The highest BCUT2D eigenvalue weighted by atomic mass is 32.1. The van der Waals surface area contributed by atoms with Crippen LogP contribution in [0.15, 0.2) is 0 Å². The molecule has 0 fully saturated rings. The van der Waals surface area contributed by atoms with Crippen LogP contribution in [0.5, 0.6) is 0 Å². The molecule has 0 bridgehead atoms. The molecule has 1 amide bonds. The lowest BCUT2D eigenvalue weighted by Crippen LogP contribution is -2.59. The van der Waals surface area contributed by atoms with Crippen molar-refractivity contribution >= 4 is 43.8 Å². The monoisotopic (exact) mass is 330 g/mol. The smallest absolute Gasteiger partial charge is 0.238 e. The fraction of sp³-hybridized carbons (Fsp3) is 0.889. The van der Waals surface area contributed by atoms with Gasteiger partial charge in [-0.25, -0.2) is 0 Å². The molecule has 0 aromatic rings. The van der Waals surface area contributed by atoms with Gasteiger partial charge in [-0.3, -0.25) is 10.1 Å². The molecule has 0 heterocycles. The van der Waals surface area contributed by atoms with E-state index in [0.29, 0.717) is 0 Å². The molecule has 0 radical (unpaired) electrons. The van der Waals surface area contributed by atoms with Gasteiger partial charge < -0.3 is 27.0 Å². The van der Waals surface area contributed by atoms with E-state index in [0.717, 1.165) is 0 Å². The van der Waals surface area contributed by atoms with Gasteiger partial charge in [-0.05, 0) is 0 Å². The highest BCUT2D eigenvalue weighted by Crippen LogP contribution is 2.00. The van der Waals surface area contributed by atoms with Gasteiger partial charge in [0.1, 0.15) is 12.5 Å². The molecule has 7 nitrogen and oxygen atoms in total. The lowest BCUT2D eigenvalue weighted by Gasteiger charge is -2.29. The number of hydrogen-bond acceptors (Lipinski definition) is 9. The largest absolute Gasteiger partial charge is 0.377 e. The van der Waals surface area contributed by atoms with Gasteiger partial charge in [0.15, 0.2) is 0 Å². The van der Waals surface area contributed by atoms with Gasteiger partial charge in [0.25, 0.3) is 0 Å². The third kappa shape index (κ3) is 7.04. The van der Waals surface area contributed by atoms with Crippen LogP contribution < -0.4 is 22.1 Å². The number of amides is 1. The minimum absolute atomic E-state index is 0.180. The van der Waals surface area contributed by atoms with Crippen LogP contribution in [0, 0.1) is 0 Å². The normalized spacial score (nSPS) is 19.3. The molecule has 5 atom stereocenters. The number of aliphatic hydroxyl groups is 2. The van der Waals surface area contributed by atoms with Crippen LogP contribution in [0.1, 0.15) is 0 Å². The Morgan fingerprint density at radius 3 is 1.95 bits per heavy atom. The summed E-state index contributed by atoms with van der Waals surface area (Å²) in [4.78, 5) is 11.6. The maximum absolute atomic E-state index is 11.6. The highest BCUT2D eigenvalue weighted by Gasteiger charge is 2.25. The molecule has 0 aromatic heterocycles. The van der Waals surface area contributed by atoms with Crippen LogP contribution in [0.2, 0.25) is 0 Å². The van der Waals surface area contributed by atoms with Crippen molar-refractivity contribution in [3.63, 3.8) is 0 Å². The summed E-state index contributed by atoms with van der Waals surface area (Å²) in [6.07, 6.45) is -2.31. The maximum Gasteiger partial charge on any atom is 0.238 e. The first-order valence-corrected chi connectivity index (χ1v) is 7.53. The number of nitrogens with two attached hydrogens (primary N) is 2. The molecule has 0 saturated carbocycles. The van der Waals surface area contributed by atoms with Gasteiger partial charge in [0.05, 0.1) is 18.1 Å². The predicted molar refractivity (Wildman–Crippen MR) is 84.6 cm³/mol. The van der Waals surface area contributed by atoms with Crippen molar-refractivity contribution in [1.82, 2.24) is 10.6 Å². The van der Waals surface area contributed by atoms with E-state index in [1.54, 1.807) is 0 Å². The SMILES string of the molecule is N[C@H](CS)C(=O)N[C@H](CS)[C@H](O)N[C@H](CS)[C@@H](N)O. The highest BCUT2D eigenvalue weighted by molar-refractivity contribution is 7.80. The van der Waals surface area contributed by atoms with E-state index < -0.39 is 36.5 Å². The summed E-state index contributed by atoms with van der Waals surface area (Å²) in [5.74, 6) is 0.151. The van der Waals surface area contributed by atoms with Gasteiger partial charge in [0.2, 0.25) is 5.91 Å². The summed E-state index contributed by atoms with van der Waals surface area (Å²) >= 11 is 12.0. The molecule has 0 unspecified atom stereocenters.